The first-order valence-electron chi connectivity index (χ1n) is 6.68. The number of benzene rings is 1. The molecule has 0 fully saturated rings. The highest BCUT2D eigenvalue weighted by Gasteiger charge is 2.22. The van der Waals surface area contributed by atoms with Crippen LogP contribution in [-0.2, 0) is 22.5 Å². The van der Waals surface area contributed by atoms with Crippen LogP contribution < -0.4 is 10.6 Å². The van der Waals surface area contributed by atoms with Gasteiger partial charge in [-0.05, 0) is 44.0 Å². The average Bonchev–Trinajstić information content (AvgIpc) is 2.38. The SMILES string of the molecule is COC(C)(C)CC(=O)Nc1cccc2c1CCNC2. The summed E-state index contributed by atoms with van der Waals surface area (Å²) in [6.07, 6.45) is 1.31. The van der Waals surface area contributed by atoms with Crippen molar-refractivity contribution >= 4 is 11.6 Å². The molecule has 4 nitrogen and oxygen atoms in total. The lowest BCUT2D eigenvalue weighted by molar-refractivity contribution is -0.121. The minimum absolute atomic E-state index is 0.00113. The molecule has 0 bridgehead atoms. The van der Waals surface area contributed by atoms with E-state index in [2.05, 4.69) is 16.7 Å². The van der Waals surface area contributed by atoms with Crippen molar-refractivity contribution < 1.29 is 9.53 Å². The summed E-state index contributed by atoms with van der Waals surface area (Å²) < 4.78 is 5.29. The Morgan fingerprint density at radius 3 is 3.00 bits per heavy atom. The number of carbonyl (C=O) groups is 1. The van der Waals surface area contributed by atoms with Gasteiger partial charge in [-0.15, -0.1) is 0 Å². The molecule has 0 radical (unpaired) electrons. The molecular formula is C15H22N2O2. The standard InChI is InChI=1S/C15H22N2O2/c1-15(2,19-3)9-14(18)17-13-6-4-5-11-10-16-8-7-12(11)13/h4-6,16H,7-10H2,1-3H3,(H,17,18). The highest BCUT2D eigenvalue weighted by atomic mass is 16.5. The second-order valence-corrected chi connectivity index (χ2v) is 5.56. The number of methoxy groups -OCH3 is 1. The summed E-state index contributed by atoms with van der Waals surface area (Å²) in [5.41, 5.74) is 3.04. The number of rotatable bonds is 4. The van der Waals surface area contributed by atoms with Crippen LogP contribution in [0.25, 0.3) is 0 Å². The van der Waals surface area contributed by atoms with Crippen LogP contribution in [0.1, 0.15) is 31.4 Å². The maximum absolute atomic E-state index is 12.1. The van der Waals surface area contributed by atoms with Crippen LogP contribution in [0.3, 0.4) is 0 Å². The van der Waals surface area contributed by atoms with Gasteiger partial charge in [-0.2, -0.15) is 0 Å². The summed E-state index contributed by atoms with van der Waals surface area (Å²) in [5, 5.41) is 6.35. The van der Waals surface area contributed by atoms with E-state index in [1.165, 1.54) is 11.1 Å². The first-order valence-corrected chi connectivity index (χ1v) is 6.68. The lowest BCUT2D eigenvalue weighted by Gasteiger charge is -2.24. The van der Waals surface area contributed by atoms with Crippen LogP contribution in [0.4, 0.5) is 5.69 Å². The fourth-order valence-corrected chi connectivity index (χ4v) is 2.30. The fourth-order valence-electron chi connectivity index (χ4n) is 2.30. The molecule has 4 heteroatoms. The highest BCUT2D eigenvalue weighted by Crippen LogP contribution is 2.24. The Balaban J connectivity index is 2.09. The number of ether oxygens (including phenoxy) is 1. The summed E-state index contributed by atoms with van der Waals surface area (Å²) in [5.74, 6) is -0.00113. The van der Waals surface area contributed by atoms with Crippen LogP contribution in [0.2, 0.25) is 0 Å². The van der Waals surface area contributed by atoms with Crippen molar-refractivity contribution in [3.05, 3.63) is 29.3 Å². The third-order valence-corrected chi connectivity index (χ3v) is 3.55. The van der Waals surface area contributed by atoms with E-state index >= 15 is 0 Å². The molecule has 1 aromatic rings. The third-order valence-electron chi connectivity index (χ3n) is 3.55. The number of nitrogens with one attached hydrogen (secondary N) is 2. The summed E-state index contributed by atoms with van der Waals surface area (Å²) in [7, 11) is 1.63. The molecule has 0 unspecified atom stereocenters. The summed E-state index contributed by atoms with van der Waals surface area (Å²) in [4.78, 5) is 12.1. The molecule has 0 saturated carbocycles. The van der Waals surface area contributed by atoms with E-state index in [1.54, 1.807) is 7.11 Å². The van der Waals surface area contributed by atoms with Gasteiger partial charge in [0.25, 0.3) is 0 Å². The maximum Gasteiger partial charge on any atom is 0.227 e. The predicted molar refractivity (Wildman–Crippen MR) is 76.2 cm³/mol. The van der Waals surface area contributed by atoms with Gasteiger partial charge in [-0.1, -0.05) is 12.1 Å². The average molecular weight is 262 g/mol. The van der Waals surface area contributed by atoms with Crippen molar-refractivity contribution in [1.29, 1.82) is 0 Å². The van der Waals surface area contributed by atoms with Crippen molar-refractivity contribution in [1.82, 2.24) is 5.32 Å². The smallest absolute Gasteiger partial charge is 0.227 e. The number of carbonyl (C=O) groups excluding carboxylic acids is 1. The van der Waals surface area contributed by atoms with Crippen LogP contribution in [0.5, 0.6) is 0 Å². The summed E-state index contributed by atoms with van der Waals surface area (Å²) in [6.45, 7) is 5.67. The van der Waals surface area contributed by atoms with Crippen molar-refractivity contribution in [2.75, 3.05) is 19.0 Å². The molecule has 1 amide bonds. The molecule has 0 aromatic heterocycles. The third kappa shape index (κ3) is 3.55. The minimum atomic E-state index is -0.430. The van der Waals surface area contributed by atoms with Gasteiger partial charge in [0, 0.05) is 19.3 Å². The molecule has 2 N–H and O–H groups in total. The van der Waals surface area contributed by atoms with Crippen LogP contribution in [-0.4, -0.2) is 25.2 Å². The van der Waals surface area contributed by atoms with Crippen LogP contribution in [0.15, 0.2) is 18.2 Å². The first-order chi connectivity index (χ1) is 9.02. The topological polar surface area (TPSA) is 50.4 Å². The lowest BCUT2D eigenvalue weighted by atomic mass is 9.98. The molecule has 0 spiro atoms. The Morgan fingerprint density at radius 2 is 2.26 bits per heavy atom. The van der Waals surface area contributed by atoms with E-state index in [-0.39, 0.29) is 5.91 Å². The Morgan fingerprint density at radius 1 is 1.47 bits per heavy atom. The van der Waals surface area contributed by atoms with E-state index in [0.717, 1.165) is 25.2 Å². The van der Waals surface area contributed by atoms with E-state index in [0.29, 0.717) is 6.42 Å². The van der Waals surface area contributed by atoms with Gasteiger partial charge in [0.15, 0.2) is 0 Å². The Hall–Kier alpha value is -1.39. The molecule has 2 rings (SSSR count). The van der Waals surface area contributed by atoms with Crippen LogP contribution >= 0.6 is 0 Å². The van der Waals surface area contributed by atoms with Gasteiger partial charge in [0.1, 0.15) is 0 Å². The highest BCUT2D eigenvalue weighted by molar-refractivity contribution is 5.92. The zero-order valence-corrected chi connectivity index (χ0v) is 11.9. The summed E-state index contributed by atoms with van der Waals surface area (Å²) in [6, 6.07) is 6.07. The van der Waals surface area contributed by atoms with Crippen LogP contribution in [0, 0.1) is 0 Å². The maximum atomic E-state index is 12.1. The zero-order valence-electron chi connectivity index (χ0n) is 11.9. The predicted octanol–water partition coefficient (Wildman–Crippen LogP) is 2.09. The molecule has 1 aliphatic heterocycles. The van der Waals surface area contributed by atoms with E-state index in [9.17, 15) is 4.79 Å². The number of fused-ring (bicyclic) bond motifs is 1. The molecule has 1 aliphatic rings. The van der Waals surface area contributed by atoms with Gasteiger partial charge in [0.2, 0.25) is 5.91 Å². The zero-order chi connectivity index (χ0) is 13.9. The second-order valence-electron chi connectivity index (χ2n) is 5.56. The quantitative estimate of drug-likeness (QED) is 0.873. The van der Waals surface area contributed by atoms with Crippen molar-refractivity contribution in [3.63, 3.8) is 0 Å². The molecule has 0 saturated heterocycles. The molecular weight excluding hydrogens is 240 g/mol. The first kappa shape index (κ1) is 14.0. The molecule has 0 aliphatic carbocycles. The Labute approximate surface area is 114 Å². The lowest BCUT2D eigenvalue weighted by Crippen LogP contribution is -2.30. The Kier molecular flexibility index (Phi) is 4.22. The van der Waals surface area contributed by atoms with E-state index in [4.69, 9.17) is 4.74 Å². The number of amides is 1. The second kappa shape index (κ2) is 5.72. The molecule has 19 heavy (non-hydrogen) atoms. The number of anilines is 1. The fraction of sp³-hybridized carbons (Fsp3) is 0.533. The summed E-state index contributed by atoms with van der Waals surface area (Å²) >= 11 is 0. The van der Waals surface area contributed by atoms with Crippen molar-refractivity contribution in [2.24, 2.45) is 0 Å². The molecule has 104 valence electrons. The molecule has 1 heterocycles. The Bertz CT molecular complexity index is 469. The van der Waals surface area contributed by atoms with Gasteiger partial charge >= 0.3 is 0 Å². The monoisotopic (exact) mass is 262 g/mol. The largest absolute Gasteiger partial charge is 0.378 e. The van der Waals surface area contributed by atoms with Crippen molar-refractivity contribution in [3.8, 4) is 0 Å². The number of hydrogen-bond donors (Lipinski definition) is 2. The minimum Gasteiger partial charge on any atom is -0.378 e. The van der Waals surface area contributed by atoms with E-state index in [1.807, 2.05) is 26.0 Å². The molecule has 1 aromatic carbocycles. The van der Waals surface area contributed by atoms with Crippen molar-refractivity contribution in [2.45, 2.75) is 38.8 Å². The van der Waals surface area contributed by atoms with Gasteiger partial charge < -0.3 is 15.4 Å². The number of hydrogen-bond acceptors (Lipinski definition) is 3. The van der Waals surface area contributed by atoms with E-state index < -0.39 is 5.60 Å². The normalized spacial score (nSPS) is 14.9. The van der Waals surface area contributed by atoms with Gasteiger partial charge in [-0.25, -0.2) is 0 Å². The van der Waals surface area contributed by atoms with Gasteiger partial charge in [-0.3, -0.25) is 4.79 Å². The molecule has 0 atom stereocenters. The van der Waals surface area contributed by atoms with Gasteiger partial charge in [0.05, 0.1) is 12.0 Å².